The molecule has 0 saturated carbocycles. The van der Waals surface area contributed by atoms with E-state index < -0.39 is 0 Å². The van der Waals surface area contributed by atoms with Crippen molar-refractivity contribution in [2.24, 2.45) is 0 Å². The van der Waals surface area contributed by atoms with Gasteiger partial charge >= 0.3 is 0 Å². The van der Waals surface area contributed by atoms with Gasteiger partial charge in [0.25, 0.3) is 5.95 Å². The van der Waals surface area contributed by atoms with Gasteiger partial charge in [0, 0.05) is 6.07 Å². The monoisotopic (exact) mass is 150 g/mol. The lowest BCUT2D eigenvalue weighted by Crippen LogP contribution is -1.90. The molecule has 11 heavy (non-hydrogen) atoms. The van der Waals surface area contributed by atoms with Gasteiger partial charge in [-0.15, -0.1) is 6.42 Å². The molecule has 0 fully saturated rings. The Balaban J connectivity index is 2.53. The maximum atomic E-state index is 5.04. The lowest BCUT2D eigenvalue weighted by Gasteiger charge is -1.92. The zero-order valence-electron chi connectivity index (χ0n) is 6.46. The molecule has 0 aromatic carbocycles. The summed E-state index contributed by atoms with van der Waals surface area (Å²) in [6.07, 6.45) is 7.62. The summed E-state index contributed by atoms with van der Waals surface area (Å²) in [6.45, 7) is 2.31. The number of rotatable bonds is 3. The van der Waals surface area contributed by atoms with E-state index in [2.05, 4.69) is 12.8 Å². The second-order valence-corrected chi connectivity index (χ2v) is 2.12. The van der Waals surface area contributed by atoms with Crippen molar-refractivity contribution in [3.63, 3.8) is 0 Å². The summed E-state index contributed by atoms with van der Waals surface area (Å²) in [5, 5.41) is 0. The summed E-state index contributed by atoms with van der Waals surface area (Å²) < 4.78 is 10.1. The molecule has 0 saturated heterocycles. The van der Waals surface area contributed by atoms with Crippen LogP contribution in [-0.2, 0) is 6.42 Å². The van der Waals surface area contributed by atoms with E-state index in [1.54, 1.807) is 6.26 Å². The second-order valence-electron chi connectivity index (χ2n) is 2.12. The van der Waals surface area contributed by atoms with Gasteiger partial charge < -0.3 is 9.15 Å². The van der Waals surface area contributed by atoms with Crippen LogP contribution in [0.2, 0.25) is 0 Å². The maximum absolute atomic E-state index is 5.04. The Morgan fingerprint density at radius 3 is 3.09 bits per heavy atom. The van der Waals surface area contributed by atoms with Crippen LogP contribution in [0.25, 0.3) is 0 Å². The Labute approximate surface area is 66.2 Å². The van der Waals surface area contributed by atoms with Crippen LogP contribution in [0.15, 0.2) is 16.7 Å². The number of furan rings is 1. The lowest BCUT2D eigenvalue weighted by atomic mass is 10.3. The van der Waals surface area contributed by atoms with Gasteiger partial charge in [0.05, 0.1) is 6.26 Å². The van der Waals surface area contributed by atoms with E-state index in [9.17, 15) is 0 Å². The molecule has 0 spiro atoms. The molecule has 0 bridgehead atoms. The largest absolute Gasteiger partial charge is 0.452 e. The molecule has 58 valence electrons. The summed E-state index contributed by atoms with van der Waals surface area (Å²) in [4.78, 5) is 0. The van der Waals surface area contributed by atoms with E-state index in [1.165, 1.54) is 0 Å². The molecule has 0 atom stereocenters. The summed E-state index contributed by atoms with van der Waals surface area (Å²) >= 11 is 0. The summed E-state index contributed by atoms with van der Waals surface area (Å²) in [6, 6.07) is 1.84. The van der Waals surface area contributed by atoms with Crippen LogP contribution in [0.4, 0.5) is 0 Å². The van der Waals surface area contributed by atoms with Crippen molar-refractivity contribution in [2.45, 2.75) is 13.3 Å². The zero-order valence-corrected chi connectivity index (χ0v) is 6.46. The Morgan fingerprint density at radius 1 is 1.73 bits per heavy atom. The molecule has 0 aliphatic carbocycles. The maximum Gasteiger partial charge on any atom is 0.285 e. The molecule has 0 aliphatic rings. The standard InChI is InChI=1S/C9H10O2/c1-3-5-10-9-6-8(4-2)7-11-9/h1,6-7H,4-5H2,2H3. The minimum atomic E-state index is 0.261. The summed E-state index contributed by atoms with van der Waals surface area (Å²) in [5.74, 6) is 2.86. The second kappa shape index (κ2) is 3.72. The minimum Gasteiger partial charge on any atom is -0.452 e. The van der Waals surface area contributed by atoms with E-state index in [1.807, 2.05) is 6.07 Å². The van der Waals surface area contributed by atoms with E-state index in [4.69, 9.17) is 15.6 Å². The first-order valence-corrected chi connectivity index (χ1v) is 3.50. The summed E-state index contributed by atoms with van der Waals surface area (Å²) in [5.41, 5.74) is 1.12. The van der Waals surface area contributed by atoms with Crippen LogP contribution in [0.3, 0.4) is 0 Å². The molecule has 1 heterocycles. The van der Waals surface area contributed by atoms with Gasteiger partial charge in [0.1, 0.15) is 0 Å². The number of ether oxygens (including phenoxy) is 1. The minimum absolute atomic E-state index is 0.261. The van der Waals surface area contributed by atoms with Crippen molar-refractivity contribution < 1.29 is 9.15 Å². The fourth-order valence-corrected chi connectivity index (χ4v) is 0.727. The molecule has 0 N–H and O–H groups in total. The van der Waals surface area contributed by atoms with Gasteiger partial charge in [-0.1, -0.05) is 12.8 Å². The average molecular weight is 150 g/mol. The molecule has 2 heteroatoms. The van der Waals surface area contributed by atoms with E-state index >= 15 is 0 Å². The zero-order chi connectivity index (χ0) is 8.10. The number of aryl methyl sites for hydroxylation is 1. The number of terminal acetylenes is 1. The topological polar surface area (TPSA) is 22.4 Å². The lowest BCUT2D eigenvalue weighted by molar-refractivity contribution is 0.277. The van der Waals surface area contributed by atoms with Crippen molar-refractivity contribution >= 4 is 0 Å². The van der Waals surface area contributed by atoms with Crippen LogP contribution in [0.5, 0.6) is 5.95 Å². The molecular formula is C9H10O2. The Morgan fingerprint density at radius 2 is 2.55 bits per heavy atom. The van der Waals surface area contributed by atoms with Crippen molar-refractivity contribution in [3.8, 4) is 18.3 Å². The van der Waals surface area contributed by atoms with Gasteiger partial charge in [0.2, 0.25) is 0 Å². The van der Waals surface area contributed by atoms with Crippen LogP contribution in [-0.4, -0.2) is 6.61 Å². The van der Waals surface area contributed by atoms with Gasteiger partial charge in [-0.05, 0) is 12.0 Å². The predicted molar refractivity (Wildman–Crippen MR) is 42.4 cm³/mol. The van der Waals surface area contributed by atoms with Crippen molar-refractivity contribution in [3.05, 3.63) is 17.9 Å². The highest BCUT2D eigenvalue weighted by atomic mass is 16.6. The Bertz CT molecular complexity index is 255. The first-order chi connectivity index (χ1) is 5.36. The SMILES string of the molecule is C#CCOc1cc(CC)co1. The first-order valence-electron chi connectivity index (χ1n) is 3.50. The van der Waals surface area contributed by atoms with Crippen LogP contribution < -0.4 is 4.74 Å². The normalized spacial score (nSPS) is 9.09. The van der Waals surface area contributed by atoms with Crippen LogP contribution in [0, 0.1) is 12.3 Å². The van der Waals surface area contributed by atoms with Crippen molar-refractivity contribution in [1.82, 2.24) is 0 Å². The van der Waals surface area contributed by atoms with Crippen molar-refractivity contribution in [2.75, 3.05) is 6.61 Å². The molecule has 0 radical (unpaired) electrons. The van der Waals surface area contributed by atoms with Gasteiger partial charge in [-0.3, -0.25) is 0 Å². The molecule has 1 aromatic heterocycles. The summed E-state index contributed by atoms with van der Waals surface area (Å²) in [7, 11) is 0. The predicted octanol–water partition coefficient (Wildman–Crippen LogP) is 1.85. The third-order valence-electron chi connectivity index (χ3n) is 1.34. The smallest absolute Gasteiger partial charge is 0.285 e. The first kappa shape index (κ1) is 7.74. The number of hydrogen-bond donors (Lipinski definition) is 0. The van der Waals surface area contributed by atoms with E-state index in [-0.39, 0.29) is 6.61 Å². The third-order valence-corrected chi connectivity index (χ3v) is 1.34. The fourth-order valence-electron chi connectivity index (χ4n) is 0.727. The molecule has 0 unspecified atom stereocenters. The highest BCUT2D eigenvalue weighted by Gasteiger charge is 1.98. The van der Waals surface area contributed by atoms with E-state index in [0.717, 1.165) is 12.0 Å². The van der Waals surface area contributed by atoms with Gasteiger partial charge in [-0.25, -0.2) is 0 Å². The molecule has 1 aromatic rings. The molecule has 1 rings (SSSR count). The van der Waals surface area contributed by atoms with Gasteiger partial charge in [0.15, 0.2) is 6.61 Å². The molecule has 0 aliphatic heterocycles. The molecular weight excluding hydrogens is 140 g/mol. The highest BCUT2D eigenvalue weighted by molar-refractivity contribution is 5.17. The van der Waals surface area contributed by atoms with Crippen LogP contribution in [0.1, 0.15) is 12.5 Å². The average Bonchev–Trinajstić information content (AvgIpc) is 2.48. The Kier molecular flexibility index (Phi) is 2.62. The number of hydrogen-bond acceptors (Lipinski definition) is 2. The molecule has 2 nitrogen and oxygen atoms in total. The Hall–Kier alpha value is -1.36. The van der Waals surface area contributed by atoms with Crippen LogP contribution >= 0.6 is 0 Å². The third kappa shape index (κ3) is 2.05. The quantitative estimate of drug-likeness (QED) is 0.613. The van der Waals surface area contributed by atoms with E-state index in [0.29, 0.717) is 5.95 Å². The fraction of sp³-hybridized carbons (Fsp3) is 0.333. The highest BCUT2D eigenvalue weighted by Crippen LogP contribution is 2.15. The molecule has 0 amide bonds. The van der Waals surface area contributed by atoms with Gasteiger partial charge in [-0.2, -0.15) is 0 Å². The van der Waals surface area contributed by atoms with Crippen molar-refractivity contribution in [1.29, 1.82) is 0 Å².